The molecule has 112 valence electrons. The van der Waals surface area contributed by atoms with Gasteiger partial charge in [-0.1, -0.05) is 5.16 Å². The molecule has 0 bridgehead atoms. The number of carbonyl (C=O) groups excluding carboxylic acids is 1. The number of aliphatic hydroxyl groups excluding tert-OH is 1. The summed E-state index contributed by atoms with van der Waals surface area (Å²) in [4.78, 5) is 14.7. The molecular formula is C15H24N2O3. The van der Waals surface area contributed by atoms with Crippen LogP contribution >= 0.6 is 0 Å². The zero-order chi connectivity index (χ0) is 14.7. The summed E-state index contributed by atoms with van der Waals surface area (Å²) >= 11 is 0. The molecule has 1 aromatic rings. The third-order valence-corrected chi connectivity index (χ3v) is 4.26. The number of likely N-dealkylation sites (tertiary alicyclic amines) is 1. The van der Waals surface area contributed by atoms with Crippen molar-refractivity contribution in [3.05, 3.63) is 17.0 Å². The van der Waals surface area contributed by atoms with E-state index in [4.69, 9.17) is 9.63 Å². The van der Waals surface area contributed by atoms with Crippen molar-refractivity contribution in [2.24, 2.45) is 0 Å². The standard InChI is InChI=1S/C15H24N2O3/c1-10(14-11(2)16-20-12(14)3)15(19)17-8-5-4-6-13(17)7-9-18/h10,13,18H,4-9H2,1-3H3. The van der Waals surface area contributed by atoms with Gasteiger partial charge in [0.2, 0.25) is 5.91 Å². The van der Waals surface area contributed by atoms with Gasteiger partial charge >= 0.3 is 0 Å². The molecule has 5 nitrogen and oxygen atoms in total. The Bertz CT molecular complexity index is 448. The maximum atomic E-state index is 12.8. The average molecular weight is 280 g/mol. The molecule has 0 saturated carbocycles. The topological polar surface area (TPSA) is 66.6 Å². The summed E-state index contributed by atoms with van der Waals surface area (Å²) in [5.74, 6) is 0.608. The summed E-state index contributed by atoms with van der Waals surface area (Å²) < 4.78 is 5.17. The number of piperidine rings is 1. The van der Waals surface area contributed by atoms with E-state index in [0.29, 0.717) is 6.42 Å². The number of hydrogen-bond acceptors (Lipinski definition) is 4. The van der Waals surface area contributed by atoms with E-state index in [9.17, 15) is 4.79 Å². The quantitative estimate of drug-likeness (QED) is 0.917. The van der Waals surface area contributed by atoms with Crippen LogP contribution in [0.4, 0.5) is 0 Å². The lowest BCUT2D eigenvalue weighted by molar-refractivity contribution is -0.136. The number of hydrogen-bond donors (Lipinski definition) is 1. The molecule has 5 heteroatoms. The summed E-state index contributed by atoms with van der Waals surface area (Å²) in [7, 11) is 0. The number of aliphatic hydroxyl groups is 1. The van der Waals surface area contributed by atoms with E-state index in [1.807, 2.05) is 25.7 Å². The van der Waals surface area contributed by atoms with E-state index >= 15 is 0 Å². The van der Waals surface area contributed by atoms with Crippen LogP contribution in [-0.4, -0.2) is 40.3 Å². The van der Waals surface area contributed by atoms with Crippen LogP contribution in [0, 0.1) is 13.8 Å². The average Bonchev–Trinajstić information content (AvgIpc) is 2.78. The third-order valence-electron chi connectivity index (χ3n) is 4.26. The fraction of sp³-hybridized carbons (Fsp3) is 0.733. The molecule has 1 N–H and O–H groups in total. The van der Waals surface area contributed by atoms with E-state index in [0.717, 1.165) is 42.8 Å². The summed E-state index contributed by atoms with van der Waals surface area (Å²) in [6.07, 6.45) is 3.83. The lowest BCUT2D eigenvalue weighted by Crippen LogP contribution is -2.46. The van der Waals surface area contributed by atoms with Crippen LogP contribution < -0.4 is 0 Å². The van der Waals surface area contributed by atoms with Crippen molar-refractivity contribution in [1.29, 1.82) is 0 Å². The lowest BCUT2D eigenvalue weighted by atomic mass is 9.93. The Kier molecular flexibility index (Phi) is 4.81. The van der Waals surface area contributed by atoms with E-state index in [1.165, 1.54) is 0 Å². The van der Waals surface area contributed by atoms with Crippen LogP contribution in [0.15, 0.2) is 4.52 Å². The molecule has 1 aromatic heterocycles. The number of amides is 1. The summed E-state index contributed by atoms with van der Waals surface area (Å²) in [5.41, 5.74) is 1.70. The minimum Gasteiger partial charge on any atom is -0.396 e. The molecule has 0 aliphatic carbocycles. The van der Waals surface area contributed by atoms with Crippen molar-refractivity contribution in [2.75, 3.05) is 13.2 Å². The largest absolute Gasteiger partial charge is 0.396 e. The first-order valence-corrected chi connectivity index (χ1v) is 7.40. The highest BCUT2D eigenvalue weighted by Crippen LogP contribution is 2.28. The monoisotopic (exact) mass is 280 g/mol. The lowest BCUT2D eigenvalue weighted by Gasteiger charge is -2.37. The maximum Gasteiger partial charge on any atom is 0.230 e. The molecular weight excluding hydrogens is 256 g/mol. The second-order valence-electron chi connectivity index (χ2n) is 5.65. The van der Waals surface area contributed by atoms with Crippen molar-refractivity contribution in [3.8, 4) is 0 Å². The molecule has 1 saturated heterocycles. The molecule has 2 heterocycles. The normalized spacial score (nSPS) is 21.0. The zero-order valence-corrected chi connectivity index (χ0v) is 12.6. The van der Waals surface area contributed by atoms with Crippen LogP contribution in [0.1, 0.15) is 55.5 Å². The Balaban J connectivity index is 2.16. The van der Waals surface area contributed by atoms with Crippen molar-refractivity contribution in [1.82, 2.24) is 10.1 Å². The molecule has 0 radical (unpaired) electrons. The summed E-state index contributed by atoms with van der Waals surface area (Å²) in [5, 5.41) is 13.1. The fourth-order valence-electron chi connectivity index (χ4n) is 3.22. The smallest absolute Gasteiger partial charge is 0.230 e. The Morgan fingerprint density at radius 3 is 2.85 bits per heavy atom. The first-order valence-electron chi connectivity index (χ1n) is 7.40. The van der Waals surface area contributed by atoms with Gasteiger partial charge in [-0.25, -0.2) is 0 Å². The van der Waals surface area contributed by atoms with Crippen molar-refractivity contribution >= 4 is 5.91 Å². The van der Waals surface area contributed by atoms with Gasteiger partial charge in [0.25, 0.3) is 0 Å². The minimum absolute atomic E-state index is 0.123. The molecule has 1 aliphatic heterocycles. The molecule has 2 atom stereocenters. The van der Waals surface area contributed by atoms with Crippen molar-refractivity contribution in [2.45, 2.75) is 58.4 Å². The molecule has 1 fully saturated rings. The van der Waals surface area contributed by atoms with Gasteiger partial charge in [-0.2, -0.15) is 0 Å². The predicted molar refractivity (Wildman–Crippen MR) is 75.4 cm³/mol. The molecule has 1 amide bonds. The second kappa shape index (κ2) is 6.39. The van der Waals surface area contributed by atoms with Crippen LogP contribution in [0.2, 0.25) is 0 Å². The Labute approximate surface area is 119 Å². The van der Waals surface area contributed by atoms with E-state index < -0.39 is 0 Å². The number of aromatic nitrogens is 1. The third kappa shape index (κ3) is 2.87. The molecule has 2 rings (SSSR count). The van der Waals surface area contributed by atoms with Crippen LogP contribution in [0.3, 0.4) is 0 Å². The zero-order valence-electron chi connectivity index (χ0n) is 12.6. The summed E-state index contributed by atoms with van der Waals surface area (Å²) in [6.45, 7) is 6.56. The van der Waals surface area contributed by atoms with Gasteiger partial charge in [0.05, 0.1) is 11.6 Å². The van der Waals surface area contributed by atoms with Gasteiger partial charge in [0.1, 0.15) is 5.76 Å². The van der Waals surface area contributed by atoms with Gasteiger partial charge < -0.3 is 14.5 Å². The number of aryl methyl sites for hydroxylation is 2. The minimum atomic E-state index is -0.236. The first kappa shape index (κ1) is 15.0. The van der Waals surface area contributed by atoms with Gasteiger partial charge in [-0.05, 0) is 46.5 Å². The predicted octanol–water partition coefficient (Wildman–Crippen LogP) is 2.16. The molecule has 0 spiro atoms. The van der Waals surface area contributed by atoms with Gasteiger partial charge in [0, 0.05) is 24.8 Å². The number of carbonyl (C=O) groups is 1. The molecule has 0 aromatic carbocycles. The van der Waals surface area contributed by atoms with Crippen LogP contribution in [0.5, 0.6) is 0 Å². The van der Waals surface area contributed by atoms with Crippen LogP contribution in [-0.2, 0) is 4.79 Å². The number of nitrogens with zero attached hydrogens (tertiary/aromatic N) is 2. The van der Waals surface area contributed by atoms with Gasteiger partial charge in [-0.3, -0.25) is 4.79 Å². The highest BCUT2D eigenvalue weighted by atomic mass is 16.5. The van der Waals surface area contributed by atoms with Gasteiger partial charge in [0.15, 0.2) is 0 Å². The highest BCUT2D eigenvalue weighted by Gasteiger charge is 2.32. The SMILES string of the molecule is Cc1noc(C)c1C(C)C(=O)N1CCCCC1CCO. The maximum absolute atomic E-state index is 12.8. The molecule has 20 heavy (non-hydrogen) atoms. The number of rotatable bonds is 4. The Morgan fingerprint density at radius 1 is 1.50 bits per heavy atom. The second-order valence-corrected chi connectivity index (χ2v) is 5.65. The van der Waals surface area contributed by atoms with E-state index in [1.54, 1.807) is 0 Å². The van der Waals surface area contributed by atoms with Gasteiger partial charge in [-0.15, -0.1) is 0 Å². The van der Waals surface area contributed by atoms with E-state index in [2.05, 4.69) is 5.16 Å². The van der Waals surface area contributed by atoms with Crippen molar-refractivity contribution < 1.29 is 14.4 Å². The van der Waals surface area contributed by atoms with Crippen LogP contribution in [0.25, 0.3) is 0 Å². The Hall–Kier alpha value is -1.36. The summed E-state index contributed by atoms with van der Waals surface area (Å²) in [6, 6.07) is 0.171. The highest BCUT2D eigenvalue weighted by molar-refractivity contribution is 5.84. The molecule has 2 unspecified atom stereocenters. The van der Waals surface area contributed by atoms with E-state index in [-0.39, 0.29) is 24.5 Å². The molecule has 1 aliphatic rings. The fourth-order valence-corrected chi connectivity index (χ4v) is 3.22. The Morgan fingerprint density at radius 2 is 2.25 bits per heavy atom. The first-order chi connectivity index (χ1) is 9.56. The van der Waals surface area contributed by atoms with Crippen molar-refractivity contribution in [3.63, 3.8) is 0 Å².